The summed E-state index contributed by atoms with van der Waals surface area (Å²) in [5.74, 6) is -1.18. The summed E-state index contributed by atoms with van der Waals surface area (Å²) in [4.78, 5) is 24.8. The normalized spacial score (nSPS) is 11.5. The van der Waals surface area contributed by atoms with Crippen LogP contribution in [0, 0.1) is 13.8 Å². The van der Waals surface area contributed by atoms with Gasteiger partial charge in [-0.25, -0.2) is 26.2 Å². The van der Waals surface area contributed by atoms with Crippen LogP contribution < -0.4 is 50.9 Å². The molecule has 0 aliphatic carbocycles. The Kier molecular flexibility index (Phi) is 14.5. The van der Waals surface area contributed by atoms with Gasteiger partial charge in [0.15, 0.2) is 31.0 Å². The second-order valence-corrected chi connectivity index (χ2v) is 15.4. The summed E-state index contributed by atoms with van der Waals surface area (Å²) in [6, 6.07) is 24.9. The molecule has 0 saturated heterocycles. The average molecular weight is 818 g/mol. The van der Waals surface area contributed by atoms with Gasteiger partial charge in [0.05, 0.1) is 43.9 Å². The molecule has 16 nitrogen and oxygen atoms in total. The van der Waals surface area contributed by atoms with E-state index >= 15 is 0 Å². The molecular formula is C34H30CrN8NaO8S2+2. The summed E-state index contributed by atoms with van der Waals surface area (Å²) in [6.45, 7) is 3.33. The standard InChI is InChI=1S/2C17H16N4O4S.Cr.Na/c2*1-11-16(17(23)21(20-11)12-6-4-3-5-7-12)19-18-14-9-8-13(10-15(14)22)26(2,24)25;;/h2*3-10,20,22H,1-2H3;;/q;;+3;+1/p-2. The van der Waals surface area contributed by atoms with Crippen LogP contribution in [0.5, 0.6) is 11.5 Å². The molecule has 6 rings (SSSR count). The molecule has 20 heteroatoms. The van der Waals surface area contributed by atoms with E-state index in [1.165, 1.54) is 33.6 Å². The van der Waals surface area contributed by atoms with Crippen molar-refractivity contribution in [3.63, 3.8) is 0 Å². The third kappa shape index (κ3) is 10.2. The van der Waals surface area contributed by atoms with Crippen LogP contribution in [0.1, 0.15) is 11.4 Å². The summed E-state index contributed by atoms with van der Waals surface area (Å²) in [5, 5.41) is 45.2. The molecule has 1 radical (unpaired) electrons. The minimum atomic E-state index is -3.48. The summed E-state index contributed by atoms with van der Waals surface area (Å²) < 4.78 is 48.5. The number of para-hydroxylation sites is 2. The molecule has 271 valence electrons. The molecule has 0 bridgehead atoms. The van der Waals surface area contributed by atoms with Gasteiger partial charge in [0.25, 0.3) is 11.1 Å². The van der Waals surface area contributed by atoms with Gasteiger partial charge in [-0.3, -0.25) is 19.8 Å². The Morgan fingerprint density at radius 1 is 0.556 bits per heavy atom. The Morgan fingerprint density at radius 2 is 0.889 bits per heavy atom. The number of rotatable bonds is 8. The molecule has 4 aromatic carbocycles. The molecule has 0 atom stereocenters. The van der Waals surface area contributed by atoms with Gasteiger partial charge in [0.1, 0.15) is 0 Å². The van der Waals surface area contributed by atoms with Crippen molar-refractivity contribution in [2.45, 2.75) is 23.6 Å². The first-order valence-electron chi connectivity index (χ1n) is 15.1. The molecule has 6 aromatic rings. The zero-order valence-electron chi connectivity index (χ0n) is 29.4. The second kappa shape index (κ2) is 18.0. The average Bonchev–Trinajstić information content (AvgIpc) is 3.55. The van der Waals surface area contributed by atoms with Crippen LogP contribution in [-0.2, 0) is 37.0 Å². The third-order valence-electron chi connectivity index (χ3n) is 7.34. The van der Waals surface area contributed by atoms with Gasteiger partial charge in [-0.2, -0.15) is 10.2 Å². The molecule has 0 aliphatic rings. The van der Waals surface area contributed by atoms with Crippen molar-refractivity contribution in [3.8, 4) is 22.9 Å². The predicted molar refractivity (Wildman–Crippen MR) is 189 cm³/mol. The maximum atomic E-state index is 12.5. The largest absolute Gasteiger partial charge is 3.00 e. The summed E-state index contributed by atoms with van der Waals surface area (Å²) in [6.07, 6.45) is 2.02. The Hall–Kier alpha value is -4.87. The number of H-pyrrole nitrogens is 2. The van der Waals surface area contributed by atoms with Gasteiger partial charge in [0, 0.05) is 12.5 Å². The number of azo groups is 2. The molecule has 0 unspecified atom stereocenters. The monoisotopic (exact) mass is 817 g/mol. The maximum Gasteiger partial charge on any atom is 3.00 e. The molecule has 54 heavy (non-hydrogen) atoms. The number of aryl methyl sites for hydroxylation is 2. The van der Waals surface area contributed by atoms with Crippen LogP contribution >= 0.6 is 0 Å². The minimum Gasteiger partial charge on any atom is -0.871 e. The fourth-order valence-electron chi connectivity index (χ4n) is 4.65. The van der Waals surface area contributed by atoms with Gasteiger partial charge >= 0.3 is 46.9 Å². The predicted octanol–water partition coefficient (Wildman–Crippen LogP) is 1.73. The summed E-state index contributed by atoms with van der Waals surface area (Å²) in [7, 11) is -6.96. The number of benzene rings is 4. The molecule has 0 fully saturated rings. The van der Waals surface area contributed by atoms with E-state index in [4.69, 9.17) is 0 Å². The first-order valence-corrected chi connectivity index (χ1v) is 18.9. The number of sulfone groups is 2. The first-order chi connectivity index (χ1) is 24.5. The summed E-state index contributed by atoms with van der Waals surface area (Å²) >= 11 is 0. The van der Waals surface area contributed by atoms with Crippen molar-refractivity contribution in [1.29, 1.82) is 0 Å². The minimum absolute atomic E-state index is 0. The maximum absolute atomic E-state index is 12.5. The van der Waals surface area contributed by atoms with E-state index in [0.717, 1.165) is 24.6 Å². The van der Waals surface area contributed by atoms with Gasteiger partial charge < -0.3 is 10.2 Å². The van der Waals surface area contributed by atoms with Gasteiger partial charge in [-0.1, -0.05) is 47.9 Å². The van der Waals surface area contributed by atoms with E-state index < -0.39 is 42.3 Å². The molecule has 0 saturated carbocycles. The Morgan fingerprint density at radius 3 is 1.19 bits per heavy atom. The zero-order valence-corrected chi connectivity index (χ0v) is 34.3. The van der Waals surface area contributed by atoms with Crippen molar-refractivity contribution in [3.05, 3.63) is 129 Å². The Labute approximate surface area is 342 Å². The number of aromatic amines is 2. The number of aromatic nitrogens is 4. The number of hydrogen-bond donors (Lipinski definition) is 2. The van der Waals surface area contributed by atoms with E-state index in [9.17, 15) is 36.6 Å². The fraction of sp³-hybridized carbons (Fsp3) is 0.118. The molecule has 0 aliphatic heterocycles. The van der Waals surface area contributed by atoms with Crippen molar-refractivity contribution < 1.29 is 74.0 Å². The van der Waals surface area contributed by atoms with E-state index in [0.29, 0.717) is 22.8 Å². The van der Waals surface area contributed by atoms with Crippen LogP contribution in [0.2, 0.25) is 0 Å². The molecule has 0 spiro atoms. The van der Waals surface area contributed by atoms with E-state index in [1.54, 1.807) is 62.4 Å². The van der Waals surface area contributed by atoms with Crippen molar-refractivity contribution in [2.24, 2.45) is 20.5 Å². The Bertz CT molecular complexity index is 2490. The third-order valence-corrected chi connectivity index (χ3v) is 9.56. The van der Waals surface area contributed by atoms with E-state index in [2.05, 4.69) is 30.7 Å². The van der Waals surface area contributed by atoms with Crippen molar-refractivity contribution >= 4 is 42.4 Å². The van der Waals surface area contributed by atoms with E-state index in [-0.39, 0.29) is 79.5 Å². The molecule has 0 amide bonds. The molecule has 2 N–H and O–H groups in total. The second-order valence-electron chi connectivity index (χ2n) is 11.3. The van der Waals surface area contributed by atoms with Crippen LogP contribution in [-0.4, -0.2) is 48.9 Å². The van der Waals surface area contributed by atoms with Crippen molar-refractivity contribution in [1.82, 2.24) is 19.6 Å². The number of hydrogen-bond acceptors (Lipinski definition) is 12. The molecule has 2 aromatic heterocycles. The summed E-state index contributed by atoms with van der Waals surface area (Å²) in [5.41, 5.74) is 1.49. The van der Waals surface area contributed by atoms with Crippen molar-refractivity contribution in [2.75, 3.05) is 12.5 Å². The quantitative estimate of drug-likeness (QED) is 0.169. The SMILES string of the molecule is Cc1[nH]n(-c2ccccc2)c(=O)c1N=Nc1ccc(S(C)(=O)=O)cc1[O-].Cc1[nH]n(-c2ccccc2)c(=O)c1N=Nc1ccc(S(C)(=O)=O)cc1[O-].[Cr+3].[Na+]. The molecular weight excluding hydrogens is 788 g/mol. The smallest absolute Gasteiger partial charge is 0.871 e. The first kappa shape index (κ1) is 43.5. The Balaban J connectivity index is 0.000000280. The van der Waals surface area contributed by atoms with E-state index in [1.807, 2.05) is 12.1 Å². The zero-order chi connectivity index (χ0) is 37.8. The van der Waals surface area contributed by atoms with Gasteiger partial charge in [-0.15, -0.1) is 10.2 Å². The van der Waals surface area contributed by atoms with Crippen LogP contribution in [0.3, 0.4) is 0 Å². The van der Waals surface area contributed by atoms with Crippen LogP contribution in [0.15, 0.2) is 137 Å². The fourth-order valence-corrected chi connectivity index (χ4v) is 5.92. The van der Waals surface area contributed by atoms with Crippen LogP contribution in [0.4, 0.5) is 22.7 Å². The van der Waals surface area contributed by atoms with Gasteiger partial charge in [0.2, 0.25) is 0 Å². The topological polar surface area (TPSA) is 239 Å². The molecule has 2 heterocycles. The number of nitrogens with one attached hydrogen (secondary N) is 2. The number of nitrogens with zero attached hydrogens (tertiary/aromatic N) is 6. The van der Waals surface area contributed by atoms with Crippen LogP contribution in [0.25, 0.3) is 11.4 Å². The van der Waals surface area contributed by atoms with Gasteiger partial charge in [-0.05, 0) is 74.5 Å².